The van der Waals surface area contributed by atoms with E-state index in [1.165, 1.54) is 10.6 Å². The van der Waals surface area contributed by atoms with Gasteiger partial charge in [0.1, 0.15) is 6.04 Å². The summed E-state index contributed by atoms with van der Waals surface area (Å²) in [6.07, 6.45) is 2.87. The van der Waals surface area contributed by atoms with Crippen LogP contribution in [0.2, 0.25) is 5.02 Å². The standard InChI is InChI=1S/C27H38ClN3O4S/c1-6-14-29-27(33)25(7-2)30(19-22-10-12-23(28)13-11-22)26(32)9-8-15-31(36(5,34)35)24-17-20(3)16-21(4)18-24/h10-13,16-18,25H,6-9,14-15,19H2,1-5H3,(H,29,33). The fourth-order valence-electron chi connectivity index (χ4n) is 4.17. The number of benzene rings is 2. The van der Waals surface area contributed by atoms with E-state index in [0.717, 1.165) is 23.1 Å². The van der Waals surface area contributed by atoms with Gasteiger partial charge in [0.25, 0.3) is 0 Å². The molecule has 1 N–H and O–H groups in total. The van der Waals surface area contributed by atoms with E-state index in [1.54, 1.807) is 17.0 Å². The largest absolute Gasteiger partial charge is 0.354 e. The number of aryl methyl sites for hydroxylation is 2. The highest BCUT2D eigenvalue weighted by atomic mass is 35.5. The van der Waals surface area contributed by atoms with Crippen molar-refractivity contribution in [1.82, 2.24) is 10.2 Å². The molecule has 0 heterocycles. The fourth-order valence-corrected chi connectivity index (χ4v) is 5.25. The molecule has 0 aliphatic heterocycles. The molecule has 0 radical (unpaired) electrons. The third kappa shape index (κ3) is 8.82. The highest BCUT2D eigenvalue weighted by Gasteiger charge is 2.28. The average Bonchev–Trinajstić information content (AvgIpc) is 2.79. The number of anilines is 1. The molecular weight excluding hydrogens is 498 g/mol. The molecule has 36 heavy (non-hydrogen) atoms. The minimum atomic E-state index is -3.54. The summed E-state index contributed by atoms with van der Waals surface area (Å²) in [7, 11) is -3.54. The molecule has 9 heteroatoms. The lowest BCUT2D eigenvalue weighted by Gasteiger charge is -2.31. The Labute approximate surface area is 220 Å². The van der Waals surface area contributed by atoms with Gasteiger partial charge in [-0.3, -0.25) is 13.9 Å². The van der Waals surface area contributed by atoms with Crippen LogP contribution in [0.3, 0.4) is 0 Å². The van der Waals surface area contributed by atoms with Crippen molar-refractivity contribution in [2.75, 3.05) is 23.7 Å². The van der Waals surface area contributed by atoms with Crippen molar-refractivity contribution in [2.45, 2.75) is 66.0 Å². The van der Waals surface area contributed by atoms with Crippen LogP contribution in [0.25, 0.3) is 0 Å². The summed E-state index contributed by atoms with van der Waals surface area (Å²) in [5.41, 5.74) is 3.38. The van der Waals surface area contributed by atoms with Crippen molar-refractivity contribution in [3.63, 3.8) is 0 Å². The van der Waals surface area contributed by atoms with Gasteiger partial charge < -0.3 is 10.2 Å². The Morgan fingerprint density at radius 1 is 1.03 bits per heavy atom. The van der Waals surface area contributed by atoms with Gasteiger partial charge >= 0.3 is 0 Å². The van der Waals surface area contributed by atoms with Crippen molar-refractivity contribution in [3.05, 3.63) is 64.2 Å². The normalized spacial score (nSPS) is 12.2. The molecule has 2 amide bonds. The molecule has 0 aliphatic carbocycles. The number of hydrogen-bond acceptors (Lipinski definition) is 4. The van der Waals surface area contributed by atoms with Crippen LogP contribution in [0, 0.1) is 13.8 Å². The van der Waals surface area contributed by atoms with Crippen LogP contribution in [0.4, 0.5) is 5.69 Å². The zero-order chi connectivity index (χ0) is 26.9. The van der Waals surface area contributed by atoms with Crippen molar-refractivity contribution in [3.8, 4) is 0 Å². The van der Waals surface area contributed by atoms with E-state index in [9.17, 15) is 18.0 Å². The quantitative estimate of drug-likeness (QED) is 0.398. The van der Waals surface area contributed by atoms with Gasteiger partial charge in [0.05, 0.1) is 11.9 Å². The van der Waals surface area contributed by atoms with Gasteiger partial charge in [-0.15, -0.1) is 0 Å². The van der Waals surface area contributed by atoms with Crippen LogP contribution in [0.5, 0.6) is 0 Å². The summed E-state index contributed by atoms with van der Waals surface area (Å²) in [5, 5.41) is 3.49. The van der Waals surface area contributed by atoms with Crippen LogP contribution in [-0.2, 0) is 26.2 Å². The van der Waals surface area contributed by atoms with Gasteiger partial charge in [0.2, 0.25) is 21.8 Å². The smallest absolute Gasteiger partial charge is 0.242 e. The second-order valence-corrected chi connectivity index (χ2v) is 11.5. The van der Waals surface area contributed by atoms with Crippen LogP contribution in [-0.4, -0.2) is 50.5 Å². The minimum absolute atomic E-state index is 0.113. The molecule has 2 rings (SSSR count). The van der Waals surface area contributed by atoms with E-state index in [4.69, 9.17) is 11.6 Å². The van der Waals surface area contributed by atoms with E-state index in [2.05, 4.69) is 5.32 Å². The SMILES string of the molecule is CCCNC(=O)C(CC)N(Cc1ccc(Cl)cc1)C(=O)CCCN(c1cc(C)cc(C)c1)S(C)(=O)=O. The second-order valence-electron chi connectivity index (χ2n) is 9.15. The Balaban J connectivity index is 2.22. The van der Waals surface area contributed by atoms with E-state index >= 15 is 0 Å². The van der Waals surface area contributed by atoms with E-state index in [-0.39, 0.29) is 31.3 Å². The zero-order valence-corrected chi connectivity index (χ0v) is 23.5. The molecular formula is C27H38ClN3O4S. The number of nitrogens with one attached hydrogen (secondary N) is 1. The first kappa shape index (κ1) is 29.6. The summed E-state index contributed by atoms with van der Waals surface area (Å²) in [5.74, 6) is -0.382. The number of halogens is 1. The van der Waals surface area contributed by atoms with E-state index < -0.39 is 16.1 Å². The molecule has 2 aromatic carbocycles. The molecule has 0 aliphatic rings. The Bertz CT molecular complexity index is 1120. The predicted molar refractivity (Wildman–Crippen MR) is 147 cm³/mol. The Morgan fingerprint density at radius 3 is 2.17 bits per heavy atom. The highest BCUT2D eigenvalue weighted by Crippen LogP contribution is 2.23. The van der Waals surface area contributed by atoms with Crippen LogP contribution < -0.4 is 9.62 Å². The van der Waals surface area contributed by atoms with Gasteiger partial charge in [0, 0.05) is 31.1 Å². The highest BCUT2D eigenvalue weighted by molar-refractivity contribution is 7.92. The zero-order valence-electron chi connectivity index (χ0n) is 21.9. The summed E-state index contributed by atoms with van der Waals surface area (Å²) >= 11 is 6.01. The van der Waals surface area contributed by atoms with Crippen LogP contribution >= 0.6 is 11.6 Å². The van der Waals surface area contributed by atoms with E-state index in [1.807, 2.05) is 58.0 Å². The Morgan fingerprint density at radius 2 is 1.64 bits per heavy atom. The summed E-state index contributed by atoms with van der Waals surface area (Å²) in [6, 6.07) is 12.2. The molecule has 1 unspecified atom stereocenters. The molecule has 2 aromatic rings. The molecule has 0 saturated heterocycles. The lowest BCUT2D eigenvalue weighted by Crippen LogP contribution is -2.49. The monoisotopic (exact) mass is 535 g/mol. The second kappa shape index (κ2) is 13.7. The van der Waals surface area contributed by atoms with Crippen molar-refractivity contribution in [2.24, 2.45) is 0 Å². The first-order chi connectivity index (χ1) is 17.0. The fraction of sp³-hybridized carbons (Fsp3) is 0.481. The predicted octanol–water partition coefficient (Wildman–Crippen LogP) is 4.84. The number of amides is 2. The lowest BCUT2D eigenvalue weighted by atomic mass is 10.1. The van der Waals surface area contributed by atoms with E-state index in [0.29, 0.717) is 30.1 Å². The molecule has 0 bridgehead atoms. The third-order valence-corrected chi connectivity index (χ3v) is 7.29. The summed E-state index contributed by atoms with van der Waals surface area (Å²) < 4.78 is 26.4. The number of rotatable bonds is 13. The van der Waals surface area contributed by atoms with Gasteiger partial charge in [-0.2, -0.15) is 0 Å². The molecule has 198 valence electrons. The number of sulfonamides is 1. The molecule has 7 nitrogen and oxygen atoms in total. The maximum absolute atomic E-state index is 13.4. The number of hydrogen-bond donors (Lipinski definition) is 1. The third-order valence-electron chi connectivity index (χ3n) is 5.85. The van der Waals surface area contributed by atoms with Gasteiger partial charge in [0.15, 0.2) is 0 Å². The minimum Gasteiger partial charge on any atom is -0.354 e. The first-order valence-electron chi connectivity index (χ1n) is 12.3. The van der Waals surface area contributed by atoms with Gasteiger partial charge in [-0.1, -0.05) is 43.6 Å². The average molecular weight is 536 g/mol. The topological polar surface area (TPSA) is 86.8 Å². The number of nitrogens with zero attached hydrogens (tertiary/aromatic N) is 2. The molecule has 0 spiro atoms. The van der Waals surface area contributed by atoms with Gasteiger partial charge in [-0.25, -0.2) is 8.42 Å². The maximum Gasteiger partial charge on any atom is 0.242 e. The molecule has 0 fully saturated rings. The van der Waals surface area contributed by atoms with Crippen LogP contribution in [0.15, 0.2) is 42.5 Å². The molecule has 0 aromatic heterocycles. The lowest BCUT2D eigenvalue weighted by molar-refractivity contribution is -0.141. The van der Waals surface area contributed by atoms with Crippen molar-refractivity contribution in [1.29, 1.82) is 0 Å². The molecule has 0 saturated carbocycles. The molecule has 1 atom stereocenters. The number of carbonyl (C=O) groups is 2. The summed E-state index contributed by atoms with van der Waals surface area (Å²) in [6.45, 7) is 8.66. The van der Waals surface area contributed by atoms with Crippen LogP contribution in [0.1, 0.15) is 56.2 Å². The number of carbonyl (C=O) groups excluding carboxylic acids is 2. The maximum atomic E-state index is 13.4. The van der Waals surface area contributed by atoms with Gasteiger partial charge in [-0.05, 0) is 74.1 Å². The Kier molecular flexibility index (Phi) is 11.2. The first-order valence-corrected chi connectivity index (χ1v) is 14.6. The summed E-state index contributed by atoms with van der Waals surface area (Å²) in [4.78, 5) is 27.9. The van der Waals surface area contributed by atoms with Crippen molar-refractivity contribution < 1.29 is 18.0 Å². The Hall–Kier alpha value is -2.58. The van der Waals surface area contributed by atoms with Crippen molar-refractivity contribution >= 4 is 39.1 Å².